The average Bonchev–Trinajstić information content (AvgIpc) is 2.54. The summed E-state index contributed by atoms with van der Waals surface area (Å²) in [4.78, 5) is 12.5. The summed E-state index contributed by atoms with van der Waals surface area (Å²) < 4.78 is 11.1. The summed E-state index contributed by atoms with van der Waals surface area (Å²) >= 11 is 0. The van der Waals surface area contributed by atoms with E-state index in [0.717, 1.165) is 5.56 Å². The zero-order valence-corrected chi connectivity index (χ0v) is 13.6. The first kappa shape index (κ1) is 16.7. The van der Waals surface area contributed by atoms with E-state index in [0.29, 0.717) is 29.3 Å². The molecule has 0 aromatic heterocycles. The first-order valence-electron chi connectivity index (χ1n) is 7.51. The molecule has 0 spiro atoms. The molecular formula is C18H22N2O3. The fourth-order valence-corrected chi connectivity index (χ4v) is 2.20. The molecule has 5 nitrogen and oxygen atoms in total. The van der Waals surface area contributed by atoms with Gasteiger partial charge in [-0.25, -0.2) is 0 Å². The van der Waals surface area contributed by atoms with E-state index in [1.165, 1.54) is 0 Å². The van der Waals surface area contributed by atoms with Crippen LogP contribution in [0.5, 0.6) is 11.5 Å². The minimum Gasteiger partial charge on any atom is -0.495 e. The molecule has 0 saturated heterocycles. The third-order valence-electron chi connectivity index (χ3n) is 3.51. The number of carbonyl (C=O) groups is 1. The van der Waals surface area contributed by atoms with Gasteiger partial charge in [-0.3, -0.25) is 4.79 Å². The number of benzene rings is 2. The van der Waals surface area contributed by atoms with E-state index in [2.05, 4.69) is 5.32 Å². The lowest BCUT2D eigenvalue weighted by atomic mass is 10.2. The highest BCUT2D eigenvalue weighted by Gasteiger charge is 2.20. The van der Waals surface area contributed by atoms with Crippen molar-refractivity contribution in [1.82, 2.24) is 0 Å². The molecule has 23 heavy (non-hydrogen) atoms. The fourth-order valence-electron chi connectivity index (χ4n) is 2.20. The number of ether oxygens (including phenoxy) is 2. The van der Waals surface area contributed by atoms with Gasteiger partial charge in [0.05, 0.1) is 12.8 Å². The van der Waals surface area contributed by atoms with Crippen LogP contribution in [-0.4, -0.2) is 19.1 Å². The number of hydrogen-bond acceptors (Lipinski definition) is 4. The molecular weight excluding hydrogens is 292 g/mol. The molecule has 122 valence electrons. The molecule has 0 aliphatic heterocycles. The Kier molecular flexibility index (Phi) is 5.46. The summed E-state index contributed by atoms with van der Waals surface area (Å²) in [7, 11) is 1.54. The Balaban J connectivity index is 2.15. The number of rotatable bonds is 6. The van der Waals surface area contributed by atoms with Gasteiger partial charge in [-0.15, -0.1) is 0 Å². The van der Waals surface area contributed by atoms with E-state index in [9.17, 15) is 4.79 Å². The van der Waals surface area contributed by atoms with Gasteiger partial charge < -0.3 is 20.5 Å². The molecule has 0 radical (unpaired) electrons. The number of hydrogen-bond donors (Lipinski definition) is 2. The van der Waals surface area contributed by atoms with Gasteiger partial charge in [0, 0.05) is 5.69 Å². The molecule has 2 rings (SSSR count). The third-order valence-corrected chi connectivity index (χ3v) is 3.51. The summed E-state index contributed by atoms with van der Waals surface area (Å²) in [6.07, 6.45) is -0.0487. The molecule has 0 fully saturated rings. The first-order chi connectivity index (χ1) is 11.0. The number of methoxy groups -OCH3 is 1. The van der Waals surface area contributed by atoms with E-state index >= 15 is 0 Å². The maximum atomic E-state index is 12.5. The molecule has 3 N–H and O–H groups in total. The topological polar surface area (TPSA) is 73.6 Å². The van der Waals surface area contributed by atoms with Crippen molar-refractivity contribution in [3.8, 4) is 11.5 Å². The molecule has 1 atom stereocenters. The highest BCUT2D eigenvalue weighted by atomic mass is 16.5. The van der Waals surface area contributed by atoms with Crippen LogP contribution >= 0.6 is 0 Å². The van der Waals surface area contributed by atoms with Crippen LogP contribution in [0, 0.1) is 6.92 Å². The number of carbonyl (C=O) groups excluding carboxylic acids is 1. The van der Waals surface area contributed by atoms with Crippen molar-refractivity contribution in [1.29, 1.82) is 0 Å². The van der Waals surface area contributed by atoms with Crippen molar-refractivity contribution < 1.29 is 14.3 Å². The largest absolute Gasteiger partial charge is 0.495 e. The Morgan fingerprint density at radius 1 is 1.22 bits per heavy atom. The Bertz CT molecular complexity index is 686. The number of anilines is 2. The van der Waals surface area contributed by atoms with Crippen molar-refractivity contribution in [3.63, 3.8) is 0 Å². The van der Waals surface area contributed by atoms with Crippen LogP contribution in [0.2, 0.25) is 0 Å². The number of nitrogen functional groups attached to an aromatic ring is 1. The van der Waals surface area contributed by atoms with E-state index in [-0.39, 0.29) is 5.91 Å². The maximum Gasteiger partial charge on any atom is 0.265 e. The lowest BCUT2D eigenvalue weighted by Crippen LogP contribution is -2.32. The van der Waals surface area contributed by atoms with Gasteiger partial charge in [-0.2, -0.15) is 0 Å². The summed E-state index contributed by atoms with van der Waals surface area (Å²) in [6, 6.07) is 12.7. The van der Waals surface area contributed by atoms with Gasteiger partial charge in [-0.1, -0.05) is 25.1 Å². The van der Waals surface area contributed by atoms with E-state index < -0.39 is 6.10 Å². The van der Waals surface area contributed by atoms with Gasteiger partial charge in [-0.05, 0) is 43.2 Å². The molecule has 0 aliphatic rings. The minimum atomic E-state index is -0.595. The highest BCUT2D eigenvalue weighted by molar-refractivity contribution is 5.96. The maximum absolute atomic E-state index is 12.5. The van der Waals surface area contributed by atoms with Crippen molar-refractivity contribution >= 4 is 17.3 Å². The SMILES string of the molecule is CC[C@@H](Oc1ccccc1C)C(=O)Nc1cc(N)ccc1OC. The number of aryl methyl sites for hydroxylation is 1. The standard InChI is InChI=1S/C18H22N2O3/c1-4-15(23-16-8-6-5-7-12(16)2)18(21)20-14-11-13(19)9-10-17(14)22-3/h5-11,15H,4,19H2,1-3H3,(H,20,21)/t15-/m1/s1. The summed E-state index contributed by atoms with van der Waals surface area (Å²) in [5.74, 6) is 1.02. The van der Waals surface area contributed by atoms with E-state index in [4.69, 9.17) is 15.2 Å². The summed E-state index contributed by atoms with van der Waals surface area (Å²) in [6.45, 7) is 3.85. The van der Waals surface area contributed by atoms with Crippen LogP contribution in [0.1, 0.15) is 18.9 Å². The van der Waals surface area contributed by atoms with Gasteiger partial charge in [0.1, 0.15) is 11.5 Å². The molecule has 0 heterocycles. The lowest BCUT2D eigenvalue weighted by Gasteiger charge is -2.19. The number of nitrogens with one attached hydrogen (secondary N) is 1. The summed E-state index contributed by atoms with van der Waals surface area (Å²) in [5, 5.41) is 2.82. The first-order valence-corrected chi connectivity index (χ1v) is 7.51. The predicted octanol–water partition coefficient (Wildman–Crippen LogP) is 3.38. The quantitative estimate of drug-likeness (QED) is 0.802. The molecule has 0 aliphatic carbocycles. The molecule has 2 aromatic rings. The summed E-state index contributed by atoms with van der Waals surface area (Å²) in [5.41, 5.74) is 7.84. The van der Waals surface area contributed by atoms with Crippen molar-refractivity contribution in [2.24, 2.45) is 0 Å². The molecule has 0 unspecified atom stereocenters. The average molecular weight is 314 g/mol. The monoisotopic (exact) mass is 314 g/mol. The Morgan fingerprint density at radius 3 is 2.61 bits per heavy atom. The zero-order chi connectivity index (χ0) is 16.8. The van der Waals surface area contributed by atoms with E-state index in [1.807, 2.05) is 38.1 Å². The van der Waals surface area contributed by atoms with Gasteiger partial charge in [0.25, 0.3) is 5.91 Å². The van der Waals surface area contributed by atoms with Crippen LogP contribution < -0.4 is 20.5 Å². The van der Waals surface area contributed by atoms with Crippen LogP contribution in [0.3, 0.4) is 0 Å². The second-order valence-electron chi connectivity index (χ2n) is 5.23. The predicted molar refractivity (Wildman–Crippen MR) is 91.9 cm³/mol. The Labute approximate surface area is 136 Å². The van der Waals surface area contributed by atoms with Gasteiger partial charge in [0.15, 0.2) is 6.10 Å². The van der Waals surface area contributed by atoms with Crippen LogP contribution in [-0.2, 0) is 4.79 Å². The Morgan fingerprint density at radius 2 is 1.96 bits per heavy atom. The zero-order valence-electron chi connectivity index (χ0n) is 13.6. The van der Waals surface area contributed by atoms with Crippen molar-refractivity contribution in [2.45, 2.75) is 26.4 Å². The Hall–Kier alpha value is -2.69. The number of nitrogens with two attached hydrogens (primary N) is 1. The minimum absolute atomic E-state index is 0.236. The molecule has 2 aromatic carbocycles. The lowest BCUT2D eigenvalue weighted by molar-refractivity contribution is -0.122. The molecule has 0 bridgehead atoms. The smallest absolute Gasteiger partial charge is 0.265 e. The van der Waals surface area contributed by atoms with E-state index in [1.54, 1.807) is 25.3 Å². The molecule has 5 heteroatoms. The molecule has 1 amide bonds. The van der Waals surface area contributed by atoms with Gasteiger partial charge >= 0.3 is 0 Å². The van der Waals surface area contributed by atoms with Crippen LogP contribution in [0.25, 0.3) is 0 Å². The normalized spacial score (nSPS) is 11.6. The van der Waals surface area contributed by atoms with Crippen molar-refractivity contribution in [3.05, 3.63) is 48.0 Å². The number of para-hydroxylation sites is 1. The van der Waals surface area contributed by atoms with Gasteiger partial charge in [0.2, 0.25) is 0 Å². The molecule has 0 saturated carbocycles. The highest BCUT2D eigenvalue weighted by Crippen LogP contribution is 2.27. The third kappa shape index (κ3) is 4.16. The van der Waals surface area contributed by atoms with Crippen LogP contribution in [0.4, 0.5) is 11.4 Å². The second-order valence-corrected chi connectivity index (χ2v) is 5.23. The number of amides is 1. The van der Waals surface area contributed by atoms with Crippen molar-refractivity contribution in [2.75, 3.05) is 18.2 Å². The second kappa shape index (κ2) is 7.54. The van der Waals surface area contributed by atoms with Crippen LogP contribution in [0.15, 0.2) is 42.5 Å². The fraction of sp³-hybridized carbons (Fsp3) is 0.278.